The first-order valence-corrected chi connectivity index (χ1v) is 5.13. The first kappa shape index (κ1) is 14.1. The van der Waals surface area contributed by atoms with Crippen LogP contribution >= 0.6 is 22.6 Å². The van der Waals surface area contributed by atoms with Crippen molar-refractivity contribution in [2.75, 3.05) is 11.0 Å². The van der Waals surface area contributed by atoms with E-state index in [1.54, 1.807) is 0 Å². The number of rotatable bonds is 4. The molecule has 0 bridgehead atoms. The zero-order chi connectivity index (χ0) is 7.33. The van der Waals surface area contributed by atoms with E-state index in [-0.39, 0.29) is 36.2 Å². The normalized spacial score (nSPS) is 10.6. The molecule has 57 valence electrons. The summed E-state index contributed by atoms with van der Waals surface area (Å²) in [5.74, 6) is 0. The molecule has 0 aliphatic rings. The van der Waals surface area contributed by atoms with Gasteiger partial charge in [-0.1, -0.05) is 22.6 Å². The molecule has 7 heteroatoms. The van der Waals surface area contributed by atoms with E-state index in [0.717, 1.165) is 4.43 Å². The molecule has 0 aromatic rings. The average Bonchev–Trinajstić information content (AvgIpc) is 1.63. The van der Waals surface area contributed by atoms with Crippen molar-refractivity contribution in [3.8, 4) is 0 Å². The monoisotopic (exact) mass is 289 g/mol. The van der Waals surface area contributed by atoms with Crippen LogP contribution in [0.15, 0.2) is 0 Å². The fraction of sp³-hybridized carbons (Fsp3) is 1.00. The van der Waals surface area contributed by atoms with Gasteiger partial charge in [0.15, 0.2) is 0 Å². The maximum absolute atomic E-state index is 9.84. The van der Waals surface area contributed by atoms with E-state index in [1.807, 2.05) is 0 Å². The Kier molecular flexibility index (Phi) is 10.3. The molecule has 0 rings (SSSR count). The van der Waals surface area contributed by atoms with Crippen molar-refractivity contribution in [2.45, 2.75) is 6.42 Å². The summed E-state index contributed by atoms with van der Waals surface area (Å²) in [5.41, 5.74) is 0. The minimum Gasteiger partial charge on any atom is -0.264 e. The van der Waals surface area contributed by atoms with Gasteiger partial charge in [-0.25, -0.2) is 4.18 Å². The van der Waals surface area contributed by atoms with E-state index >= 15 is 0 Å². The molecule has 0 heterocycles. The predicted molar refractivity (Wildman–Crippen MR) is 46.8 cm³/mol. The zero-order valence-electron chi connectivity index (χ0n) is 5.58. The van der Waals surface area contributed by atoms with Gasteiger partial charge in [0.2, 0.25) is 0 Å². The van der Waals surface area contributed by atoms with Gasteiger partial charge in [-0.05, 0) is 6.42 Å². The van der Waals surface area contributed by atoms with Gasteiger partial charge in [-0.15, -0.1) is 0 Å². The Morgan fingerprint density at radius 1 is 1.50 bits per heavy atom. The quantitative estimate of drug-likeness (QED) is 0.265. The van der Waals surface area contributed by atoms with Gasteiger partial charge in [0.1, 0.15) is 0 Å². The molecule has 0 aliphatic heterocycles. The summed E-state index contributed by atoms with van der Waals surface area (Å²) in [4.78, 5) is 0. The molecule has 0 aromatic carbocycles. The summed E-state index contributed by atoms with van der Waals surface area (Å²) in [6.45, 7) is 0.0573. The summed E-state index contributed by atoms with van der Waals surface area (Å²) in [5, 5.41) is 0. The van der Waals surface area contributed by atoms with E-state index in [4.69, 9.17) is 4.55 Å². The minimum absolute atomic E-state index is 0. The molecule has 0 spiro atoms. The molecular weight excluding hydrogens is 282 g/mol. The molecule has 1 N–H and O–H groups in total. The third kappa shape index (κ3) is 12.3. The van der Waals surface area contributed by atoms with Crippen LogP contribution in [0.2, 0.25) is 0 Å². The topological polar surface area (TPSA) is 63.6 Å². The second kappa shape index (κ2) is 7.26. The number of hydrogen-bond donors (Lipinski definition) is 1. The predicted octanol–water partition coefficient (Wildman–Crippen LogP) is 0.250. The van der Waals surface area contributed by atoms with Crippen LogP contribution < -0.4 is 0 Å². The van der Waals surface area contributed by atoms with Crippen LogP contribution in [-0.2, 0) is 14.6 Å². The van der Waals surface area contributed by atoms with Crippen molar-refractivity contribution in [2.24, 2.45) is 0 Å². The molecule has 0 saturated carbocycles. The van der Waals surface area contributed by atoms with E-state index in [9.17, 15) is 8.42 Å². The van der Waals surface area contributed by atoms with E-state index in [2.05, 4.69) is 26.8 Å². The van der Waals surface area contributed by atoms with Crippen molar-refractivity contribution >= 4 is 62.5 Å². The van der Waals surface area contributed by atoms with Crippen molar-refractivity contribution in [1.29, 1.82) is 0 Å². The molecular formula is C3H7INaO4S. The SMILES string of the molecule is O=S(=O)(O)OCCCI.[Na]. The van der Waals surface area contributed by atoms with E-state index < -0.39 is 10.4 Å². The Balaban J connectivity index is 0. The smallest absolute Gasteiger partial charge is 0.264 e. The first-order chi connectivity index (χ1) is 4.06. The average molecular weight is 289 g/mol. The molecule has 0 saturated heterocycles. The second-order valence-corrected chi connectivity index (χ2v) is 3.46. The molecule has 4 nitrogen and oxygen atoms in total. The fourth-order valence-electron chi connectivity index (χ4n) is 0.219. The molecule has 10 heavy (non-hydrogen) atoms. The Morgan fingerprint density at radius 2 is 2.00 bits per heavy atom. The van der Waals surface area contributed by atoms with Gasteiger partial charge in [-0.2, -0.15) is 8.42 Å². The van der Waals surface area contributed by atoms with Crippen molar-refractivity contribution in [1.82, 2.24) is 0 Å². The van der Waals surface area contributed by atoms with Crippen LogP contribution in [0.4, 0.5) is 0 Å². The molecule has 0 unspecified atom stereocenters. The van der Waals surface area contributed by atoms with Crippen LogP contribution in [0.1, 0.15) is 6.42 Å². The van der Waals surface area contributed by atoms with Crippen molar-refractivity contribution < 1.29 is 17.2 Å². The molecule has 1 radical (unpaired) electrons. The molecule has 0 fully saturated rings. The van der Waals surface area contributed by atoms with Crippen molar-refractivity contribution in [3.05, 3.63) is 0 Å². The van der Waals surface area contributed by atoms with Crippen LogP contribution in [-0.4, -0.2) is 53.6 Å². The van der Waals surface area contributed by atoms with Gasteiger partial charge in [0, 0.05) is 34.0 Å². The van der Waals surface area contributed by atoms with Gasteiger partial charge in [-0.3, -0.25) is 4.55 Å². The first-order valence-electron chi connectivity index (χ1n) is 2.24. The standard InChI is InChI=1S/C3H7IO4S.Na/c4-2-1-3-8-9(5,6)7;/h1-3H2,(H,5,6,7);. The van der Waals surface area contributed by atoms with Crippen LogP contribution in [0.3, 0.4) is 0 Å². The van der Waals surface area contributed by atoms with Crippen LogP contribution in [0.5, 0.6) is 0 Å². The molecule has 0 aliphatic carbocycles. The maximum atomic E-state index is 9.84. The Labute approximate surface area is 96.1 Å². The van der Waals surface area contributed by atoms with Gasteiger partial charge in [0.05, 0.1) is 6.61 Å². The third-order valence-corrected chi connectivity index (χ3v) is 1.74. The summed E-state index contributed by atoms with van der Waals surface area (Å²) in [6.07, 6.45) is 0.625. The Morgan fingerprint density at radius 3 is 2.30 bits per heavy atom. The zero-order valence-corrected chi connectivity index (χ0v) is 10.6. The Bertz CT molecular complexity index is 156. The Hall–Kier alpha value is 1.60. The van der Waals surface area contributed by atoms with Gasteiger partial charge < -0.3 is 0 Å². The summed E-state index contributed by atoms with van der Waals surface area (Å²) >= 11 is 2.08. The molecule has 0 aromatic heterocycles. The largest absolute Gasteiger partial charge is 0.397 e. The summed E-state index contributed by atoms with van der Waals surface area (Å²) in [7, 11) is -4.20. The molecule has 0 atom stereocenters. The van der Waals surface area contributed by atoms with Crippen molar-refractivity contribution in [3.63, 3.8) is 0 Å². The van der Waals surface area contributed by atoms with Crippen LogP contribution in [0, 0.1) is 0 Å². The van der Waals surface area contributed by atoms with E-state index in [1.165, 1.54) is 0 Å². The number of halogens is 1. The summed E-state index contributed by atoms with van der Waals surface area (Å²) < 4.78 is 32.5. The van der Waals surface area contributed by atoms with Gasteiger partial charge in [0.25, 0.3) is 0 Å². The molecule has 0 amide bonds. The fourth-order valence-corrected chi connectivity index (χ4v) is 0.859. The number of alkyl halides is 1. The minimum atomic E-state index is -4.20. The van der Waals surface area contributed by atoms with E-state index in [0.29, 0.717) is 6.42 Å². The third-order valence-electron chi connectivity index (χ3n) is 0.510. The maximum Gasteiger partial charge on any atom is 0.397 e. The summed E-state index contributed by atoms with van der Waals surface area (Å²) in [6, 6.07) is 0. The van der Waals surface area contributed by atoms with Crippen LogP contribution in [0.25, 0.3) is 0 Å². The number of hydrogen-bond acceptors (Lipinski definition) is 3. The second-order valence-electron chi connectivity index (χ2n) is 1.29. The van der Waals surface area contributed by atoms with Gasteiger partial charge >= 0.3 is 10.4 Å².